The number of ether oxygens (including phenoxy) is 2. The third-order valence-corrected chi connectivity index (χ3v) is 3.82. The predicted molar refractivity (Wildman–Crippen MR) is 78.0 cm³/mol. The summed E-state index contributed by atoms with van der Waals surface area (Å²) in [6.07, 6.45) is -0.630. The number of carbonyl (C=O) groups is 2. The first-order chi connectivity index (χ1) is 10.6. The molecule has 0 aromatic carbocycles. The Hall–Kier alpha value is -1.28. The highest BCUT2D eigenvalue weighted by Crippen LogP contribution is 2.38. The highest BCUT2D eigenvalue weighted by molar-refractivity contribution is 5.79. The molecule has 1 fully saturated rings. The van der Waals surface area contributed by atoms with Crippen LogP contribution in [0, 0.1) is 0 Å². The number of esters is 1. The van der Waals surface area contributed by atoms with Gasteiger partial charge in [0.15, 0.2) is 0 Å². The third kappa shape index (κ3) is 4.84. The van der Waals surface area contributed by atoms with E-state index in [0.717, 1.165) is 0 Å². The summed E-state index contributed by atoms with van der Waals surface area (Å²) < 4.78 is 37.9. The first kappa shape index (κ1) is 19.8. The average molecular weight is 337 g/mol. The molecular weight excluding hydrogens is 312 g/mol. The molecule has 1 N–H and O–H groups in total. The van der Waals surface area contributed by atoms with Gasteiger partial charge in [0.05, 0.1) is 12.7 Å². The van der Waals surface area contributed by atoms with Gasteiger partial charge < -0.3 is 19.5 Å². The maximum Gasteiger partial charge on any atom is 0.380 e. The second-order valence-electron chi connectivity index (χ2n) is 5.92. The van der Waals surface area contributed by atoms with Crippen LogP contribution in [0.15, 0.2) is 0 Å². The second-order valence-corrected chi connectivity index (χ2v) is 5.92. The van der Waals surface area contributed by atoms with E-state index in [2.05, 4.69) is 4.74 Å². The van der Waals surface area contributed by atoms with Crippen LogP contribution in [0.5, 0.6) is 0 Å². The van der Waals surface area contributed by atoms with Gasteiger partial charge in [-0.25, -0.2) is 4.79 Å². The van der Waals surface area contributed by atoms with Gasteiger partial charge in [0, 0.05) is 19.5 Å². The molecule has 134 valence electrons. The number of nitrogens with zero attached hydrogens (tertiary/aromatic N) is 1. The first-order valence-electron chi connectivity index (χ1n) is 7.81. The topological polar surface area (TPSA) is 76.1 Å². The zero-order valence-electron chi connectivity index (χ0n) is 13.8. The van der Waals surface area contributed by atoms with Crippen LogP contribution >= 0.6 is 0 Å². The maximum atomic E-state index is 14.2. The van der Waals surface area contributed by atoms with E-state index in [4.69, 9.17) is 4.74 Å². The zero-order valence-corrected chi connectivity index (χ0v) is 13.8. The number of aliphatic hydroxyl groups is 1. The van der Waals surface area contributed by atoms with E-state index in [1.807, 2.05) is 0 Å². The van der Waals surface area contributed by atoms with Crippen LogP contribution in [-0.4, -0.2) is 65.8 Å². The van der Waals surface area contributed by atoms with E-state index in [1.54, 1.807) is 13.8 Å². The van der Waals surface area contributed by atoms with Crippen molar-refractivity contribution in [3.8, 4) is 0 Å². The van der Waals surface area contributed by atoms with Crippen molar-refractivity contribution in [3.05, 3.63) is 0 Å². The van der Waals surface area contributed by atoms with Crippen LogP contribution in [0.1, 0.15) is 40.0 Å². The highest BCUT2D eigenvalue weighted by Gasteiger charge is 2.59. The van der Waals surface area contributed by atoms with Gasteiger partial charge >= 0.3 is 11.9 Å². The van der Waals surface area contributed by atoms with Gasteiger partial charge in [-0.2, -0.15) is 8.78 Å². The van der Waals surface area contributed by atoms with Crippen LogP contribution in [0.25, 0.3) is 0 Å². The number of amides is 1. The summed E-state index contributed by atoms with van der Waals surface area (Å²) in [5.74, 6) is -6.05. The molecule has 0 saturated carbocycles. The standard InChI is InChI=1S/C15H25F2NO5/c1-4-22-13(20)15(16,17)14(21)6-5-8-18(9-7-14)12(19)10-23-11(2)3/h11,21H,4-10H2,1-3H3. The molecule has 0 aliphatic carbocycles. The SMILES string of the molecule is CCOC(=O)C(F)(F)C1(O)CCCN(C(=O)COC(C)C)CC1. The summed E-state index contributed by atoms with van der Waals surface area (Å²) in [5.41, 5.74) is -2.51. The largest absolute Gasteiger partial charge is 0.461 e. The molecule has 1 aliphatic heterocycles. The van der Waals surface area contributed by atoms with E-state index in [9.17, 15) is 23.5 Å². The van der Waals surface area contributed by atoms with Gasteiger partial charge in [0.2, 0.25) is 5.91 Å². The Labute approximate surface area is 134 Å². The number of hydrogen-bond acceptors (Lipinski definition) is 5. The zero-order chi connectivity index (χ0) is 17.7. The van der Waals surface area contributed by atoms with Gasteiger partial charge in [-0.05, 0) is 33.6 Å². The Balaban J connectivity index is 2.73. The van der Waals surface area contributed by atoms with E-state index >= 15 is 0 Å². The smallest absolute Gasteiger partial charge is 0.380 e. The quantitative estimate of drug-likeness (QED) is 0.741. The summed E-state index contributed by atoms with van der Waals surface area (Å²) >= 11 is 0. The summed E-state index contributed by atoms with van der Waals surface area (Å²) in [6.45, 7) is 4.84. The minimum atomic E-state index is -4.00. The molecule has 0 bridgehead atoms. The first-order valence-corrected chi connectivity index (χ1v) is 7.81. The number of likely N-dealkylation sites (tertiary alicyclic amines) is 1. The van der Waals surface area contributed by atoms with Crippen molar-refractivity contribution in [2.75, 3.05) is 26.3 Å². The molecule has 0 radical (unpaired) electrons. The summed E-state index contributed by atoms with van der Waals surface area (Å²) in [4.78, 5) is 24.8. The number of alkyl halides is 2. The minimum Gasteiger partial charge on any atom is -0.461 e. The van der Waals surface area contributed by atoms with Gasteiger partial charge in [-0.3, -0.25) is 4.79 Å². The van der Waals surface area contributed by atoms with Crippen molar-refractivity contribution in [1.29, 1.82) is 0 Å². The summed E-state index contributed by atoms with van der Waals surface area (Å²) in [5, 5.41) is 10.3. The van der Waals surface area contributed by atoms with Crippen molar-refractivity contribution in [2.24, 2.45) is 0 Å². The van der Waals surface area contributed by atoms with E-state index in [0.29, 0.717) is 0 Å². The fraction of sp³-hybridized carbons (Fsp3) is 0.867. The van der Waals surface area contributed by atoms with Crippen LogP contribution in [0.3, 0.4) is 0 Å². The average Bonchev–Trinajstić information content (AvgIpc) is 2.68. The van der Waals surface area contributed by atoms with Crippen molar-refractivity contribution in [3.63, 3.8) is 0 Å². The van der Waals surface area contributed by atoms with E-state index < -0.39 is 23.9 Å². The molecule has 0 spiro atoms. The van der Waals surface area contributed by atoms with Crippen LogP contribution in [0.4, 0.5) is 8.78 Å². The fourth-order valence-electron chi connectivity index (χ4n) is 2.42. The minimum absolute atomic E-state index is 0.0637. The van der Waals surface area contributed by atoms with Crippen molar-refractivity contribution >= 4 is 11.9 Å². The molecule has 6 nitrogen and oxygen atoms in total. The monoisotopic (exact) mass is 337 g/mol. The Morgan fingerprint density at radius 1 is 1.30 bits per heavy atom. The van der Waals surface area contributed by atoms with Gasteiger partial charge in [-0.1, -0.05) is 0 Å². The molecule has 1 unspecified atom stereocenters. The summed E-state index contributed by atoms with van der Waals surface area (Å²) in [7, 11) is 0. The number of rotatable bonds is 6. The fourth-order valence-corrected chi connectivity index (χ4v) is 2.42. The molecule has 1 heterocycles. The molecule has 1 rings (SSSR count). The maximum absolute atomic E-state index is 14.2. The highest BCUT2D eigenvalue weighted by atomic mass is 19.3. The van der Waals surface area contributed by atoms with Crippen molar-refractivity contribution in [1.82, 2.24) is 4.90 Å². The van der Waals surface area contributed by atoms with Gasteiger partial charge in [0.25, 0.3) is 0 Å². The van der Waals surface area contributed by atoms with Crippen molar-refractivity contribution < 1.29 is 33.0 Å². The third-order valence-electron chi connectivity index (χ3n) is 3.82. The molecule has 1 aliphatic rings. The van der Waals surface area contributed by atoms with Crippen LogP contribution in [-0.2, 0) is 19.1 Å². The number of hydrogen-bond donors (Lipinski definition) is 1. The normalized spacial score (nSPS) is 22.8. The Kier molecular flexibility index (Phi) is 6.88. The lowest BCUT2D eigenvalue weighted by atomic mass is 9.87. The Bertz CT molecular complexity index is 430. The molecule has 23 heavy (non-hydrogen) atoms. The second kappa shape index (κ2) is 8.01. The van der Waals surface area contributed by atoms with Crippen LogP contribution in [0.2, 0.25) is 0 Å². The molecule has 1 amide bonds. The van der Waals surface area contributed by atoms with E-state index in [-0.39, 0.29) is 51.2 Å². The molecule has 8 heteroatoms. The molecule has 0 aromatic rings. The van der Waals surface area contributed by atoms with Crippen LogP contribution < -0.4 is 0 Å². The number of halogens is 2. The van der Waals surface area contributed by atoms with Gasteiger partial charge in [0.1, 0.15) is 12.2 Å². The predicted octanol–water partition coefficient (Wildman–Crippen LogP) is 1.35. The van der Waals surface area contributed by atoms with Crippen molar-refractivity contribution in [2.45, 2.75) is 57.7 Å². The lowest BCUT2D eigenvalue weighted by Gasteiger charge is -2.33. The lowest BCUT2D eigenvalue weighted by molar-refractivity contribution is -0.216. The van der Waals surface area contributed by atoms with E-state index in [1.165, 1.54) is 11.8 Å². The Morgan fingerprint density at radius 3 is 2.52 bits per heavy atom. The van der Waals surface area contributed by atoms with Gasteiger partial charge in [-0.15, -0.1) is 0 Å². The molecule has 1 atom stereocenters. The Morgan fingerprint density at radius 2 is 1.96 bits per heavy atom. The molecular formula is C15H25F2NO5. The lowest BCUT2D eigenvalue weighted by Crippen LogP contribution is -2.54. The summed E-state index contributed by atoms with van der Waals surface area (Å²) in [6, 6.07) is 0. The molecule has 0 aromatic heterocycles. The molecule has 1 saturated heterocycles. The number of carbonyl (C=O) groups excluding carboxylic acids is 2.